The summed E-state index contributed by atoms with van der Waals surface area (Å²) in [6.45, 7) is 0. The van der Waals surface area contributed by atoms with Crippen LogP contribution in [0.1, 0.15) is 47.5 Å². The Morgan fingerprint density at radius 1 is 1.05 bits per heavy atom. The van der Waals surface area contributed by atoms with Gasteiger partial charge < -0.3 is 4.90 Å². The summed E-state index contributed by atoms with van der Waals surface area (Å²) in [5, 5.41) is 0. The van der Waals surface area contributed by atoms with Gasteiger partial charge in [0.25, 0.3) is 5.91 Å². The van der Waals surface area contributed by atoms with Crippen LogP contribution >= 0.6 is 0 Å². The van der Waals surface area contributed by atoms with Crippen LogP contribution in [0.4, 0.5) is 0 Å². The Bertz CT molecular complexity index is 604. The quantitative estimate of drug-likeness (QED) is 0.860. The molecule has 1 aromatic heterocycles. The number of aromatic nitrogens is 1. The highest BCUT2D eigenvalue weighted by Gasteiger charge is 2.27. The Labute approximate surface area is 132 Å². The number of rotatable bonds is 3. The van der Waals surface area contributed by atoms with Crippen LogP contribution in [0.5, 0.6) is 0 Å². The zero-order valence-corrected chi connectivity index (χ0v) is 13.0. The van der Waals surface area contributed by atoms with Gasteiger partial charge in [0.15, 0.2) is 0 Å². The van der Waals surface area contributed by atoms with E-state index < -0.39 is 0 Å². The predicted molar refractivity (Wildman–Crippen MR) is 87.8 cm³/mol. The Morgan fingerprint density at radius 2 is 1.77 bits per heavy atom. The number of carbonyl (C=O) groups is 1. The van der Waals surface area contributed by atoms with Crippen LogP contribution in [0.3, 0.4) is 0 Å². The van der Waals surface area contributed by atoms with Gasteiger partial charge in [-0.25, -0.2) is 0 Å². The van der Waals surface area contributed by atoms with Gasteiger partial charge in [-0.15, -0.1) is 0 Å². The van der Waals surface area contributed by atoms with Crippen molar-refractivity contribution in [2.45, 2.75) is 37.6 Å². The van der Waals surface area contributed by atoms with Gasteiger partial charge in [0.1, 0.15) is 0 Å². The van der Waals surface area contributed by atoms with E-state index in [4.69, 9.17) is 0 Å². The second-order valence-corrected chi connectivity index (χ2v) is 6.07. The average molecular weight is 294 g/mol. The van der Waals surface area contributed by atoms with Crippen LogP contribution in [0.15, 0.2) is 54.9 Å². The number of hydrogen-bond acceptors (Lipinski definition) is 2. The molecule has 0 radical (unpaired) electrons. The van der Waals surface area contributed by atoms with E-state index in [1.165, 1.54) is 5.56 Å². The fourth-order valence-electron chi connectivity index (χ4n) is 3.38. The molecular weight excluding hydrogens is 272 g/mol. The fraction of sp³-hybridized carbons (Fsp3) is 0.368. The van der Waals surface area contributed by atoms with E-state index in [0.717, 1.165) is 25.7 Å². The van der Waals surface area contributed by atoms with Gasteiger partial charge in [-0.2, -0.15) is 0 Å². The van der Waals surface area contributed by atoms with E-state index in [1.807, 2.05) is 24.1 Å². The number of benzene rings is 1. The molecular formula is C19H22N2O. The van der Waals surface area contributed by atoms with Crippen LogP contribution in [0.25, 0.3) is 0 Å². The van der Waals surface area contributed by atoms with Gasteiger partial charge in [-0.05, 0) is 49.3 Å². The molecule has 1 aliphatic carbocycles. The molecule has 0 N–H and O–H groups in total. The summed E-state index contributed by atoms with van der Waals surface area (Å²) >= 11 is 0. The highest BCUT2D eigenvalue weighted by Crippen LogP contribution is 2.34. The van der Waals surface area contributed by atoms with Crippen molar-refractivity contribution in [2.24, 2.45) is 0 Å². The Hall–Kier alpha value is -2.16. The molecule has 1 heterocycles. The zero-order valence-electron chi connectivity index (χ0n) is 13.0. The summed E-state index contributed by atoms with van der Waals surface area (Å²) in [5.41, 5.74) is 2.11. The van der Waals surface area contributed by atoms with Gasteiger partial charge in [0.2, 0.25) is 0 Å². The maximum Gasteiger partial charge on any atom is 0.255 e. The lowest BCUT2D eigenvalue weighted by Gasteiger charge is -2.35. The molecule has 3 heteroatoms. The summed E-state index contributed by atoms with van der Waals surface area (Å²) in [6.07, 6.45) is 7.79. The van der Waals surface area contributed by atoms with Crippen molar-refractivity contribution in [1.82, 2.24) is 9.88 Å². The molecule has 3 nitrogen and oxygen atoms in total. The molecule has 3 rings (SSSR count). The zero-order chi connectivity index (χ0) is 15.4. The van der Waals surface area contributed by atoms with Crippen LogP contribution in [-0.2, 0) is 0 Å². The summed E-state index contributed by atoms with van der Waals surface area (Å²) in [6, 6.07) is 14.7. The first kappa shape index (κ1) is 14.8. The van der Waals surface area contributed by atoms with Gasteiger partial charge >= 0.3 is 0 Å². The highest BCUT2D eigenvalue weighted by atomic mass is 16.2. The molecule has 0 aliphatic heterocycles. The van der Waals surface area contributed by atoms with Crippen LogP contribution < -0.4 is 0 Å². The Balaban J connectivity index is 1.60. The van der Waals surface area contributed by atoms with Crippen molar-refractivity contribution >= 4 is 5.91 Å². The average Bonchev–Trinajstić information content (AvgIpc) is 2.62. The van der Waals surface area contributed by atoms with Crippen molar-refractivity contribution < 1.29 is 4.79 Å². The van der Waals surface area contributed by atoms with E-state index in [1.54, 1.807) is 12.4 Å². The SMILES string of the molecule is CN(C(=O)c1cccnc1)C1CCC(c2ccccc2)CC1. The molecule has 1 fully saturated rings. The van der Waals surface area contributed by atoms with E-state index in [-0.39, 0.29) is 5.91 Å². The summed E-state index contributed by atoms with van der Waals surface area (Å²) < 4.78 is 0. The third-order valence-corrected chi connectivity index (χ3v) is 4.74. The third-order valence-electron chi connectivity index (χ3n) is 4.74. The van der Waals surface area contributed by atoms with E-state index in [9.17, 15) is 4.79 Å². The predicted octanol–water partition coefficient (Wildman–Crippen LogP) is 3.88. The van der Waals surface area contributed by atoms with Gasteiger partial charge in [0, 0.05) is 25.5 Å². The Kier molecular flexibility index (Phi) is 4.52. The fourth-order valence-corrected chi connectivity index (χ4v) is 3.38. The van der Waals surface area contributed by atoms with Crippen LogP contribution in [0, 0.1) is 0 Å². The standard InChI is InChI=1S/C19H22N2O/c1-21(19(22)17-8-5-13-20-14-17)18-11-9-16(10-12-18)15-6-3-2-4-7-15/h2-8,13-14,16,18H,9-12H2,1H3. The lowest BCUT2D eigenvalue weighted by Crippen LogP contribution is -2.39. The lowest BCUT2D eigenvalue weighted by molar-refractivity contribution is 0.0689. The number of nitrogens with zero attached hydrogens (tertiary/aromatic N) is 2. The minimum atomic E-state index is 0.0799. The van der Waals surface area contributed by atoms with Crippen molar-refractivity contribution in [3.8, 4) is 0 Å². The van der Waals surface area contributed by atoms with E-state index >= 15 is 0 Å². The first-order valence-electron chi connectivity index (χ1n) is 7.98. The monoisotopic (exact) mass is 294 g/mol. The maximum atomic E-state index is 12.5. The largest absolute Gasteiger partial charge is 0.339 e. The molecule has 0 unspecified atom stereocenters. The number of pyridine rings is 1. The minimum Gasteiger partial charge on any atom is -0.339 e. The topological polar surface area (TPSA) is 33.2 Å². The van der Waals surface area contributed by atoms with Gasteiger partial charge in [0.05, 0.1) is 5.56 Å². The molecule has 1 aromatic carbocycles. The minimum absolute atomic E-state index is 0.0799. The summed E-state index contributed by atoms with van der Waals surface area (Å²) in [4.78, 5) is 18.4. The van der Waals surface area contributed by atoms with Gasteiger partial charge in [-0.1, -0.05) is 30.3 Å². The maximum absolute atomic E-state index is 12.5. The number of hydrogen-bond donors (Lipinski definition) is 0. The molecule has 0 atom stereocenters. The van der Waals surface area contributed by atoms with E-state index in [0.29, 0.717) is 17.5 Å². The molecule has 1 saturated carbocycles. The first-order valence-corrected chi connectivity index (χ1v) is 7.98. The van der Waals surface area contributed by atoms with Crippen LogP contribution in [0.2, 0.25) is 0 Å². The van der Waals surface area contributed by atoms with Crippen molar-refractivity contribution in [3.05, 3.63) is 66.0 Å². The molecule has 1 amide bonds. The Morgan fingerprint density at radius 3 is 2.41 bits per heavy atom. The molecule has 22 heavy (non-hydrogen) atoms. The molecule has 0 spiro atoms. The van der Waals surface area contributed by atoms with Crippen molar-refractivity contribution in [1.29, 1.82) is 0 Å². The van der Waals surface area contributed by atoms with Crippen molar-refractivity contribution in [2.75, 3.05) is 7.05 Å². The molecule has 0 bridgehead atoms. The van der Waals surface area contributed by atoms with Crippen molar-refractivity contribution in [3.63, 3.8) is 0 Å². The lowest BCUT2D eigenvalue weighted by atomic mass is 9.81. The van der Waals surface area contributed by atoms with E-state index in [2.05, 4.69) is 35.3 Å². The third kappa shape index (κ3) is 3.19. The van der Waals surface area contributed by atoms with Crippen LogP contribution in [-0.4, -0.2) is 28.9 Å². The van der Waals surface area contributed by atoms with Gasteiger partial charge in [-0.3, -0.25) is 9.78 Å². The summed E-state index contributed by atoms with van der Waals surface area (Å²) in [7, 11) is 1.92. The molecule has 2 aromatic rings. The first-order chi connectivity index (χ1) is 10.8. The number of carbonyl (C=O) groups excluding carboxylic acids is 1. The second-order valence-electron chi connectivity index (χ2n) is 6.07. The normalized spacial score (nSPS) is 21.3. The highest BCUT2D eigenvalue weighted by molar-refractivity contribution is 5.93. The smallest absolute Gasteiger partial charge is 0.255 e. The molecule has 1 aliphatic rings. The summed E-state index contributed by atoms with van der Waals surface area (Å²) in [5.74, 6) is 0.718. The number of amides is 1. The second kappa shape index (κ2) is 6.73. The molecule has 0 saturated heterocycles. The molecule has 114 valence electrons.